The van der Waals surface area contributed by atoms with Gasteiger partial charge in [0.2, 0.25) is 0 Å². The van der Waals surface area contributed by atoms with Crippen molar-refractivity contribution in [3.05, 3.63) is 0 Å². The van der Waals surface area contributed by atoms with Gasteiger partial charge in [0.15, 0.2) is 6.29 Å². The summed E-state index contributed by atoms with van der Waals surface area (Å²) in [5.41, 5.74) is 0. The highest BCUT2D eigenvalue weighted by atomic mass is 32.3. The van der Waals surface area contributed by atoms with E-state index in [2.05, 4.69) is 9.50 Å². The Balaban J connectivity index is 2.01. The van der Waals surface area contributed by atoms with Gasteiger partial charge in [0.1, 0.15) is 24.5 Å². The summed E-state index contributed by atoms with van der Waals surface area (Å²) < 4.78 is 44.0. The molecule has 10 heteroatoms. The number of hydrogen-bond acceptors (Lipinski definition) is 8. The van der Waals surface area contributed by atoms with E-state index in [1.54, 1.807) is 6.92 Å². The summed E-state index contributed by atoms with van der Waals surface area (Å²) in [5, 5.41) is 22.4. The van der Waals surface area contributed by atoms with E-state index in [0.717, 1.165) is 0 Å². The molecule has 2 fully saturated rings. The largest absolute Gasteiger partial charge is 0.397 e. The minimum atomic E-state index is -4.63. The fraction of sp³-hybridized carbons (Fsp3) is 1.00. The van der Waals surface area contributed by atoms with Crippen molar-refractivity contribution >= 4 is 10.4 Å². The Morgan fingerprint density at radius 2 is 1.94 bits per heavy atom. The van der Waals surface area contributed by atoms with Gasteiger partial charge in [-0.1, -0.05) is 0 Å². The molecule has 2 aliphatic heterocycles. The smallest absolute Gasteiger partial charge is 0.388 e. The third kappa shape index (κ3) is 2.97. The van der Waals surface area contributed by atoms with E-state index in [9.17, 15) is 18.6 Å². The molecule has 0 amide bonds. The average Bonchev–Trinajstić information content (AvgIpc) is 2.61. The van der Waals surface area contributed by atoms with E-state index in [1.165, 1.54) is 0 Å². The van der Waals surface area contributed by atoms with Crippen molar-refractivity contribution in [1.29, 1.82) is 0 Å². The van der Waals surface area contributed by atoms with Crippen molar-refractivity contribution in [1.82, 2.24) is 5.32 Å². The number of aliphatic hydroxyl groups excluding tert-OH is 2. The summed E-state index contributed by atoms with van der Waals surface area (Å²) in [6, 6.07) is -0.600. The Labute approximate surface area is 104 Å². The minimum absolute atomic E-state index is 0.358. The highest BCUT2D eigenvalue weighted by Crippen LogP contribution is 2.27. The first-order valence-electron chi connectivity index (χ1n) is 5.33. The standard InChI is InChI=1S/C8H15NO8S/c1-3-9-5-7(11)6(10)4(17-8(5)16-3)2-15-18(12,13)14/h3-11H,2H2,1H3,(H,12,13,14)/t3?,4-,5-,6-,7-,8+/m1/s1. The number of nitrogens with one attached hydrogen (secondary N) is 1. The van der Waals surface area contributed by atoms with Gasteiger partial charge in [-0.15, -0.1) is 0 Å². The quantitative estimate of drug-likeness (QED) is 0.418. The first-order chi connectivity index (χ1) is 8.28. The van der Waals surface area contributed by atoms with E-state index in [0.29, 0.717) is 0 Å². The molecule has 0 aromatic rings. The van der Waals surface area contributed by atoms with Gasteiger partial charge in [0.05, 0.1) is 12.6 Å². The molecule has 2 saturated heterocycles. The van der Waals surface area contributed by atoms with Crippen LogP contribution >= 0.6 is 0 Å². The summed E-state index contributed by atoms with van der Waals surface area (Å²) in [5.74, 6) is 0. The monoisotopic (exact) mass is 285 g/mol. The first-order valence-corrected chi connectivity index (χ1v) is 6.69. The van der Waals surface area contributed by atoms with Crippen LogP contribution in [0.15, 0.2) is 0 Å². The molecule has 0 aliphatic carbocycles. The highest BCUT2D eigenvalue weighted by molar-refractivity contribution is 7.80. The molecule has 0 spiro atoms. The predicted molar refractivity (Wildman–Crippen MR) is 55.6 cm³/mol. The SMILES string of the molecule is CC1N[C@H]2[C@@H](O1)O[C@H](COS(=O)(=O)O)[C@@H](O)[C@@H]2O. The molecule has 0 aromatic heterocycles. The molecule has 6 atom stereocenters. The van der Waals surface area contributed by atoms with Crippen LogP contribution in [0.3, 0.4) is 0 Å². The molecule has 0 radical (unpaired) electrons. The summed E-state index contributed by atoms with van der Waals surface area (Å²) >= 11 is 0. The molecule has 4 N–H and O–H groups in total. The molecule has 0 saturated carbocycles. The van der Waals surface area contributed by atoms with Crippen LogP contribution in [-0.4, -0.2) is 66.7 Å². The van der Waals surface area contributed by atoms with Crippen LogP contribution in [-0.2, 0) is 24.1 Å². The summed E-state index contributed by atoms with van der Waals surface area (Å²) in [7, 11) is -4.63. The number of ether oxygens (including phenoxy) is 2. The molecule has 9 nitrogen and oxygen atoms in total. The van der Waals surface area contributed by atoms with Gasteiger partial charge in [-0.25, -0.2) is 4.18 Å². The van der Waals surface area contributed by atoms with Crippen LogP contribution in [0.5, 0.6) is 0 Å². The average molecular weight is 285 g/mol. The lowest BCUT2D eigenvalue weighted by molar-refractivity contribution is -0.246. The van der Waals surface area contributed by atoms with Crippen LogP contribution in [0.25, 0.3) is 0 Å². The second-order valence-corrected chi connectivity index (χ2v) is 5.30. The number of aliphatic hydroxyl groups is 2. The number of fused-ring (bicyclic) bond motifs is 1. The molecule has 2 heterocycles. The zero-order valence-electron chi connectivity index (χ0n) is 9.46. The number of rotatable bonds is 3. The first kappa shape index (κ1) is 14.1. The van der Waals surface area contributed by atoms with Crippen molar-refractivity contribution < 1.29 is 36.8 Å². The highest BCUT2D eigenvalue weighted by Gasteiger charge is 2.49. The van der Waals surface area contributed by atoms with Crippen LogP contribution in [0.1, 0.15) is 6.92 Å². The minimum Gasteiger partial charge on any atom is -0.388 e. The van der Waals surface area contributed by atoms with Crippen molar-refractivity contribution in [3.8, 4) is 0 Å². The second kappa shape index (κ2) is 4.98. The Hall–Kier alpha value is -0.330. The third-order valence-corrected chi connectivity index (χ3v) is 3.28. The second-order valence-electron chi connectivity index (χ2n) is 4.21. The van der Waals surface area contributed by atoms with E-state index >= 15 is 0 Å². The fourth-order valence-electron chi connectivity index (χ4n) is 2.03. The van der Waals surface area contributed by atoms with Crippen LogP contribution in [0, 0.1) is 0 Å². The van der Waals surface area contributed by atoms with Gasteiger partial charge in [-0.05, 0) is 6.92 Å². The van der Waals surface area contributed by atoms with Crippen molar-refractivity contribution in [3.63, 3.8) is 0 Å². The van der Waals surface area contributed by atoms with Crippen LogP contribution < -0.4 is 5.32 Å². The zero-order valence-corrected chi connectivity index (χ0v) is 10.3. The summed E-state index contributed by atoms with van der Waals surface area (Å²) in [6.45, 7) is 1.09. The molecular formula is C8H15NO8S. The molecule has 18 heavy (non-hydrogen) atoms. The van der Waals surface area contributed by atoms with Gasteiger partial charge in [-0.3, -0.25) is 9.87 Å². The topological polar surface area (TPSA) is 135 Å². The molecule has 106 valence electrons. The summed E-state index contributed by atoms with van der Waals surface area (Å²) in [6.07, 6.45) is -4.83. The Kier molecular flexibility index (Phi) is 3.90. The van der Waals surface area contributed by atoms with Crippen LogP contribution in [0.2, 0.25) is 0 Å². The Morgan fingerprint density at radius 1 is 1.28 bits per heavy atom. The maximum absolute atomic E-state index is 10.4. The lowest BCUT2D eigenvalue weighted by Crippen LogP contribution is -2.60. The summed E-state index contributed by atoms with van der Waals surface area (Å²) in [4.78, 5) is 0. The lowest BCUT2D eigenvalue weighted by atomic mass is 9.98. The maximum atomic E-state index is 10.4. The Bertz CT molecular complexity index is 398. The molecule has 2 rings (SSSR count). The Morgan fingerprint density at radius 3 is 2.56 bits per heavy atom. The number of hydrogen-bond donors (Lipinski definition) is 4. The van der Waals surface area contributed by atoms with E-state index in [-0.39, 0.29) is 6.23 Å². The molecule has 1 unspecified atom stereocenters. The maximum Gasteiger partial charge on any atom is 0.397 e. The van der Waals surface area contributed by atoms with E-state index in [1.807, 2.05) is 0 Å². The zero-order chi connectivity index (χ0) is 13.5. The van der Waals surface area contributed by atoms with E-state index < -0.39 is 47.6 Å². The normalized spacial score (nSPS) is 44.9. The lowest BCUT2D eigenvalue weighted by Gasteiger charge is -2.38. The fourth-order valence-corrected chi connectivity index (χ4v) is 2.33. The molecule has 0 bridgehead atoms. The molecule has 0 aromatic carbocycles. The van der Waals surface area contributed by atoms with Gasteiger partial charge in [0, 0.05) is 0 Å². The predicted octanol–water partition coefficient (Wildman–Crippen LogP) is -2.41. The molecular weight excluding hydrogens is 270 g/mol. The van der Waals surface area contributed by atoms with Gasteiger partial charge >= 0.3 is 10.4 Å². The van der Waals surface area contributed by atoms with Crippen LogP contribution in [0.4, 0.5) is 0 Å². The van der Waals surface area contributed by atoms with Crippen molar-refractivity contribution in [2.75, 3.05) is 6.61 Å². The molecule has 2 aliphatic rings. The van der Waals surface area contributed by atoms with Gasteiger partial charge in [-0.2, -0.15) is 8.42 Å². The van der Waals surface area contributed by atoms with Crippen molar-refractivity contribution in [2.24, 2.45) is 0 Å². The third-order valence-electron chi connectivity index (χ3n) is 2.85. The van der Waals surface area contributed by atoms with Gasteiger partial charge in [0.25, 0.3) is 0 Å². The van der Waals surface area contributed by atoms with Crippen molar-refractivity contribution in [2.45, 2.75) is 43.8 Å². The van der Waals surface area contributed by atoms with Gasteiger partial charge < -0.3 is 19.7 Å². The van der Waals surface area contributed by atoms with E-state index in [4.69, 9.17) is 14.0 Å².